The Labute approximate surface area is 106 Å². The van der Waals surface area contributed by atoms with E-state index in [1.165, 1.54) is 12.5 Å². The van der Waals surface area contributed by atoms with Crippen molar-refractivity contribution < 1.29 is 24.2 Å². The first-order chi connectivity index (χ1) is 8.29. The highest BCUT2D eigenvalue weighted by Crippen LogP contribution is 2.16. The summed E-state index contributed by atoms with van der Waals surface area (Å²) in [5.74, 6) is 0. The number of ether oxygens (including phenoxy) is 1. The highest BCUT2D eigenvalue weighted by Gasteiger charge is 2.21. The molecule has 0 spiro atoms. The van der Waals surface area contributed by atoms with Crippen LogP contribution in [-0.2, 0) is 4.74 Å². The van der Waals surface area contributed by atoms with E-state index in [4.69, 9.17) is 9.15 Å². The molecule has 1 aromatic heterocycles. The van der Waals surface area contributed by atoms with E-state index in [2.05, 4.69) is 5.32 Å². The molecule has 18 heavy (non-hydrogen) atoms. The Bertz CT molecular complexity index is 368. The molecule has 0 aliphatic rings. The predicted octanol–water partition coefficient (Wildman–Crippen LogP) is 1.20. The maximum Gasteiger partial charge on any atom is 0.407 e. The Balaban J connectivity index is 2.37. The molecule has 2 atom stereocenters. The molecule has 0 saturated heterocycles. The molecule has 3 N–H and O–H groups in total. The molecular weight excluding hydrogens is 238 g/mol. The number of rotatable bonds is 4. The number of alkyl carbamates (subject to hydrolysis) is 1. The fraction of sp³-hybridized carbons (Fsp3) is 0.583. The van der Waals surface area contributed by atoms with Crippen LogP contribution in [0.4, 0.5) is 4.79 Å². The quantitative estimate of drug-likeness (QED) is 0.753. The van der Waals surface area contributed by atoms with Crippen molar-refractivity contribution >= 4 is 6.09 Å². The summed E-state index contributed by atoms with van der Waals surface area (Å²) < 4.78 is 9.79. The number of carbonyl (C=O) groups is 1. The standard InChI is InChI=1S/C12H19NO5/c1-12(2,3)18-11(16)13-6-9(14)10(15)8-4-5-17-7-8/h4-5,7,9-10,14-15H,6H2,1-3H3,(H,13,16). The molecule has 0 bridgehead atoms. The normalized spacial score (nSPS) is 14.9. The smallest absolute Gasteiger partial charge is 0.407 e. The second-order valence-corrected chi connectivity index (χ2v) is 4.95. The van der Waals surface area contributed by atoms with Crippen LogP contribution in [0, 0.1) is 0 Å². The highest BCUT2D eigenvalue weighted by molar-refractivity contribution is 5.67. The van der Waals surface area contributed by atoms with Gasteiger partial charge in [0, 0.05) is 12.1 Å². The van der Waals surface area contributed by atoms with Gasteiger partial charge in [-0.15, -0.1) is 0 Å². The van der Waals surface area contributed by atoms with Crippen molar-refractivity contribution in [1.82, 2.24) is 5.32 Å². The average molecular weight is 257 g/mol. The number of carbonyl (C=O) groups excluding carboxylic acids is 1. The topological polar surface area (TPSA) is 91.9 Å². The largest absolute Gasteiger partial charge is 0.472 e. The van der Waals surface area contributed by atoms with E-state index in [9.17, 15) is 15.0 Å². The minimum Gasteiger partial charge on any atom is -0.472 e. The molecule has 0 fully saturated rings. The monoisotopic (exact) mass is 257 g/mol. The molecular formula is C12H19NO5. The van der Waals surface area contributed by atoms with Crippen molar-refractivity contribution in [2.75, 3.05) is 6.54 Å². The Hall–Kier alpha value is -1.53. The molecule has 1 heterocycles. The van der Waals surface area contributed by atoms with Gasteiger partial charge < -0.3 is 24.7 Å². The van der Waals surface area contributed by atoms with Gasteiger partial charge in [0.05, 0.1) is 12.5 Å². The van der Waals surface area contributed by atoms with Gasteiger partial charge in [-0.1, -0.05) is 0 Å². The number of aliphatic hydroxyl groups is 2. The van der Waals surface area contributed by atoms with Crippen LogP contribution in [0.5, 0.6) is 0 Å². The second kappa shape index (κ2) is 5.88. The predicted molar refractivity (Wildman–Crippen MR) is 63.9 cm³/mol. The lowest BCUT2D eigenvalue weighted by Gasteiger charge is -2.21. The van der Waals surface area contributed by atoms with E-state index in [1.807, 2.05) is 0 Å². The van der Waals surface area contributed by atoms with Crippen molar-refractivity contribution in [2.24, 2.45) is 0 Å². The van der Waals surface area contributed by atoms with Crippen molar-refractivity contribution in [3.8, 4) is 0 Å². The van der Waals surface area contributed by atoms with Crippen LogP contribution in [-0.4, -0.2) is 34.6 Å². The third-order valence-electron chi connectivity index (χ3n) is 2.10. The first-order valence-electron chi connectivity index (χ1n) is 5.64. The number of amides is 1. The van der Waals surface area contributed by atoms with Crippen LogP contribution >= 0.6 is 0 Å². The minimum atomic E-state index is -1.13. The van der Waals surface area contributed by atoms with Crippen LogP contribution in [0.1, 0.15) is 32.4 Å². The van der Waals surface area contributed by atoms with Crippen molar-refractivity contribution in [1.29, 1.82) is 0 Å². The number of aliphatic hydroxyl groups excluding tert-OH is 2. The zero-order chi connectivity index (χ0) is 13.8. The fourth-order valence-corrected chi connectivity index (χ4v) is 1.28. The molecule has 0 aromatic carbocycles. The first-order valence-corrected chi connectivity index (χ1v) is 5.64. The zero-order valence-corrected chi connectivity index (χ0v) is 10.7. The molecule has 0 aliphatic carbocycles. The zero-order valence-electron chi connectivity index (χ0n) is 10.7. The Morgan fingerprint density at radius 1 is 1.50 bits per heavy atom. The first kappa shape index (κ1) is 14.5. The summed E-state index contributed by atoms with van der Waals surface area (Å²) in [7, 11) is 0. The summed E-state index contributed by atoms with van der Waals surface area (Å²) in [5, 5.41) is 21.8. The molecule has 102 valence electrons. The molecule has 1 rings (SSSR count). The van der Waals surface area contributed by atoms with Gasteiger partial charge in [-0.3, -0.25) is 0 Å². The lowest BCUT2D eigenvalue weighted by Crippen LogP contribution is -2.38. The van der Waals surface area contributed by atoms with E-state index < -0.39 is 23.9 Å². The van der Waals surface area contributed by atoms with Crippen LogP contribution in [0.2, 0.25) is 0 Å². The van der Waals surface area contributed by atoms with Gasteiger partial charge in [0.25, 0.3) is 0 Å². The number of hydrogen-bond donors (Lipinski definition) is 3. The Kier molecular flexibility index (Phi) is 4.75. The van der Waals surface area contributed by atoms with E-state index in [-0.39, 0.29) is 6.54 Å². The van der Waals surface area contributed by atoms with Gasteiger partial charge in [-0.25, -0.2) is 4.79 Å². The minimum absolute atomic E-state index is 0.110. The Morgan fingerprint density at radius 3 is 2.67 bits per heavy atom. The highest BCUT2D eigenvalue weighted by atomic mass is 16.6. The number of nitrogens with one attached hydrogen (secondary N) is 1. The summed E-state index contributed by atoms with van der Waals surface area (Å²) in [4.78, 5) is 11.3. The maximum absolute atomic E-state index is 11.3. The summed E-state index contributed by atoms with van der Waals surface area (Å²) in [6.07, 6.45) is -0.150. The second-order valence-electron chi connectivity index (χ2n) is 4.95. The summed E-state index contributed by atoms with van der Waals surface area (Å²) in [6.45, 7) is 5.11. The third kappa shape index (κ3) is 4.77. The maximum atomic E-state index is 11.3. The molecule has 2 unspecified atom stereocenters. The van der Waals surface area contributed by atoms with Gasteiger partial charge in [0.1, 0.15) is 17.8 Å². The summed E-state index contributed by atoms with van der Waals surface area (Å²) >= 11 is 0. The van der Waals surface area contributed by atoms with Crippen molar-refractivity contribution in [2.45, 2.75) is 38.6 Å². The lowest BCUT2D eigenvalue weighted by atomic mass is 10.1. The molecule has 1 amide bonds. The van der Waals surface area contributed by atoms with Crippen LogP contribution in [0.25, 0.3) is 0 Å². The fourth-order valence-electron chi connectivity index (χ4n) is 1.28. The van der Waals surface area contributed by atoms with Crippen molar-refractivity contribution in [3.63, 3.8) is 0 Å². The van der Waals surface area contributed by atoms with Gasteiger partial charge in [-0.05, 0) is 26.8 Å². The lowest BCUT2D eigenvalue weighted by molar-refractivity contribution is 0.0127. The van der Waals surface area contributed by atoms with E-state index in [1.54, 1.807) is 26.8 Å². The third-order valence-corrected chi connectivity index (χ3v) is 2.10. The van der Waals surface area contributed by atoms with Crippen LogP contribution < -0.4 is 5.32 Å². The molecule has 1 aromatic rings. The van der Waals surface area contributed by atoms with Gasteiger partial charge in [-0.2, -0.15) is 0 Å². The van der Waals surface area contributed by atoms with Crippen LogP contribution in [0.3, 0.4) is 0 Å². The van der Waals surface area contributed by atoms with E-state index in [0.717, 1.165) is 0 Å². The number of hydrogen-bond acceptors (Lipinski definition) is 5. The van der Waals surface area contributed by atoms with Crippen LogP contribution in [0.15, 0.2) is 23.0 Å². The van der Waals surface area contributed by atoms with Gasteiger partial charge in [0.15, 0.2) is 0 Å². The van der Waals surface area contributed by atoms with Crippen molar-refractivity contribution in [3.05, 3.63) is 24.2 Å². The average Bonchev–Trinajstić information content (AvgIpc) is 2.75. The summed E-state index contributed by atoms with van der Waals surface area (Å²) in [5.41, 5.74) is -0.147. The van der Waals surface area contributed by atoms with E-state index >= 15 is 0 Å². The van der Waals surface area contributed by atoms with E-state index in [0.29, 0.717) is 5.56 Å². The van der Waals surface area contributed by atoms with Gasteiger partial charge in [0.2, 0.25) is 0 Å². The molecule has 0 radical (unpaired) electrons. The molecule has 0 aliphatic heterocycles. The Morgan fingerprint density at radius 2 is 2.17 bits per heavy atom. The molecule has 0 saturated carbocycles. The van der Waals surface area contributed by atoms with Gasteiger partial charge >= 0.3 is 6.09 Å². The SMILES string of the molecule is CC(C)(C)OC(=O)NCC(O)C(O)c1ccoc1. The molecule has 6 heteroatoms. The molecule has 6 nitrogen and oxygen atoms in total. The number of furan rings is 1. The summed E-state index contributed by atoms with van der Waals surface area (Å²) in [6, 6.07) is 1.54.